The Morgan fingerprint density at radius 2 is 1.44 bits per heavy atom. The number of furan rings is 1. The zero-order chi connectivity index (χ0) is 24.2. The van der Waals surface area contributed by atoms with Gasteiger partial charge in [0.05, 0.1) is 22.3 Å². The number of rotatable bonds is 3. The van der Waals surface area contributed by atoms with E-state index in [4.69, 9.17) is 9.40 Å². The van der Waals surface area contributed by atoms with Gasteiger partial charge in [0.1, 0.15) is 17.7 Å². The quantitative estimate of drug-likeness (QED) is 0.261. The molecule has 172 valence electrons. The van der Waals surface area contributed by atoms with Crippen LogP contribution in [0.15, 0.2) is 114 Å². The molecule has 0 N–H and O–H groups in total. The third-order valence-corrected chi connectivity index (χ3v) is 7.15. The van der Waals surface area contributed by atoms with Crippen LogP contribution in [0.5, 0.6) is 0 Å². The Morgan fingerprint density at radius 3 is 2.33 bits per heavy atom. The fraction of sp³-hybridized carbons (Fsp3) is 0.0606. The van der Waals surface area contributed by atoms with Crippen molar-refractivity contribution in [2.45, 2.75) is 13.8 Å². The summed E-state index contributed by atoms with van der Waals surface area (Å²) in [6.45, 7) is 4.34. The molecule has 0 aliphatic carbocycles. The van der Waals surface area contributed by atoms with Crippen LogP contribution in [0.25, 0.3) is 61.0 Å². The van der Waals surface area contributed by atoms with Crippen LogP contribution in [0, 0.1) is 13.8 Å². The first-order valence-electron chi connectivity index (χ1n) is 12.2. The highest BCUT2D eigenvalue weighted by molar-refractivity contribution is 5.99. The lowest BCUT2D eigenvalue weighted by Gasteiger charge is -2.13. The van der Waals surface area contributed by atoms with Gasteiger partial charge in [-0.2, -0.15) is 0 Å². The lowest BCUT2D eigenvalue weighted by molar-refractivity contribution is 0.616. The molecular formula is C33H24N2O. The van der Waals surface area contributed by atoms with Gasteiger partial charge in [0.25, 0.3) is 0 Å². The van der Waals surface area contributed by atoms with Gasteiger partial charge in [-0.15, -0.1) is 0 Å². The molecule has 0 bridgehead atoms. The number of hydrogen-bond acceptors (Lipinski definition) is 2. The van der Waals surface area contributed by atoms with Gasteiger partial charge >= 0.3 is 0 Å². The van der Waals surface area contributed by atoms with Crippen molar-refractivity contribution in [1.29, 1.82) is 0 Å². The average molecular weight is 465 g/mol. The lowest BCUT2D eigenvalue weighted by atomic mass is 9.94. The Balaban J connectivity index is 1.53. The van der Waals surface area contributed by atoms with Crippen molar-refractivity contribution in [2.75, 3.05) is 0 Å². The van der Waals surface area contributed by atoms with E-state index in [-0.39, 0.29) is 0 Å². The predicted octanol–water partition coefficient (Wildman–Crippen LogP) is 8.88. The number of hydrogen-bond donors (Lipinski definition) is 0. The number of aryl methyl sites for hydroxylation is 2. The smallest absolute Gasteiger partial charge is 0.149 e. The van der Waals surface area contributed by atoms with Crippen molar-refractivity contribution < 1.29 is 4.42 Å². The molecule has 3 heteroatoms. The highest BCUT2D eigenvalue weighted by Crippen LogP contribution is 2.38. The van der Waals surface area contributed by atoms with Crippen molar-refractivity contribution in [3.05, 3.63) is 121 Å². The fourth-order valence-electron chi connectivity index (χ4n) is 5.48. The number of fused-ring (bicyclic) bond motifs is 3. The molecule has 0 atom stereocenters. The van der Waals surface area contributed by atoms with Crippen LogP contribution >= 0.6 is 0 Å². The van der Waals surface area contributed by atoms with E-state index < -0.39 is 0 Å². The normalized spacial score (nSPS) is 11.6. The second-order valence-electron chi connectivity index (χ2n) is 9.38. The van der Waals surface area contributed by atoms with E-state index in [1.165, 1.54) is 33.0 Å². The predicted molar refractivity (Wildman–Crippen MR) is 149 cm³/mol. The first-order valence-corrected chi connectivity index (χ1v) is 12.2. The van der Waals surface area contributed by atoms with Gasteiger partial charge < -0.3 is 4.42 Å². The second kappa shape index (κ2) is 7.96. The molecule has 0 saturated carbocycles. The summed E-state index contributed by atoms with van der Waals surface area (Å²) in [5.74, 6) is 0.880. The van der Waals surface area contributed by atoms with Gasteiger partial charge in [0.2, 0.25) is 0 Å². The minimum absolute atomic E-state index is 0.858. The largest absolute Gasteiger partial charge is 0.464 e. The summed E-state index contributed by atoms with van der Waals surface area (Å²) in [6.07, 6.45) is 1.85. The summed E-state index contributed by atoms with van der Waals surface area (Å²) in [4.78, 5) is 5.13. The van der Waals surface area contributed by atoms with E-state index in [9.17, 15) is 0 Å². The van der Waals surface area contributed by atoms with Crippen LogP contribution in [-0.2, 0) is 0 Å². The Bertz CT molecular complexity index is 1900. The van der Waals surface area contributed by atoms with Crippen molar-refractivity contribution in [2.24, 2.45) is 0 Å². The molecule has 5 aromatic carbocycles. The van der Waals surface area contributed by atoms with E-state index >= 15 is 0 Å². The number of imidazole rings is 1. The molecule has 3 nitrogen and oxygen atoms in total. The summed E-state index contributed by atoms with van der Waals surface area (Å²) >= 11 is 0. The Kier molecular flexibility index (Phi) is 4.58. The molecule has 2 aromatic heterocycles. The van der Waals surface area contributed by atoms with Crippen LogP contribution < -0.4 is 0 Å². The Labute approximate surface area is 209 Å². The zero-order valence-corrected chi connectivity index (χ0v) is 20.2. The van der Waals surface area contributed by atoms with Crippen molar-refractivity contribution in [3.8, 4) is 28.2 Å². The Morgan fingerprint density at radius 1 is 0.694 bits per heavy atom. The van der Waals surface area contributed by atoms with E-state index in [1.807, 2.05) is 12.3 Å². The molecule has 2 heterocycles. The number of aromatic nitrogens is 2. The highest BCUT2D eigenvalue weighted by Gasteiger charge is 2.20. The molecule has 0 spiro atoms. The summed E-state index contributed by atoms with van der Waals surface area (Å²) in [5.41, 5.74) is 9.98. The van der Waals surface area contributed by atoms with Crippen LogP contribution in [-0.4, -0.2) is 9.55 Å². The standard InChI is InChI=1S/C33H24N2O/c1-21-9-7-10-22(2)32(21)24-17-18-31-26(19-24)27(20-36-31)33-34-28-14-5-6-15-30(28)35(33)29-16-8-12-23-11-3-4-13-25(23)29/h3-20H,1-2H3. The first-order chi connectivity index (χ1) is 17.7. The molecule has 0 unspecified atom stereocenters. The van der Waals surface area contributed by atoms with Gasteiger partial charge in [-0.05, 0) is 71.8 Å². The topological polar surface area (TPSA) is 31.0 Å². The second-order valence-corrected chi connectivity index (χ2v) is 9.38. The number of nitrogens with zero attached hydrogens (tertiary/aromatic N) is 2. The molecule has 36 heavy (non-hydrogen) atoms. The molecule has 0 fully saturated rings. The van der Waals surface area contributed by atoms with Crippen LogP contribution in [0.1, 0.15) is 11.1 Å². The zero-order valence-electron chi connectivity index (χ0n) is 20.2. The molecule has 7 rings (SSSR count). The van der Waals surface area contributed by atoms with Gasteiger partial charge in [0, 0.05) is 10.8 Å². The van der Waals surface area contributed by atoms with E-state index in [0.29, 0.717) is 0 Å². The number of para-hydroxylation sites is 2. The van der Waals surface area contributed by atoms with Crippen molar-refractivity contribution in [3.63, 3.8) is 0 Å². The SMILES string of the molecule is Cc1cccc(C)c1-c1ccc2occ(-c3nc4ccccc4n3-c3cccc4ccccc34)c2c1. The van der Waals surface area contributed by atoms with Crippen LogP contribution in [0.4, 0.5) is 0 Å². The minimum Gasteiger partial charge on any atom is -0.464 e. The molecule has 0 aliphatic rings. The summed E-state index contributed by atoms with van der Waals surface area (Å²) in [6, 6.07) is 36.2. The van der Waals surface area contributed by atoms with Crippen LogP contribution in [0.2, 0.25) is 0 Å². The van der Waals surface area contributed by atoms with Gasteiger partial charge in [0.15, 0.2) is 0 Å². The Hall–Kier alpha value is -4.63. The van der Waals surface area contributed by atoms with Crippen molar-refractivity contribution >= 4 is 32.8 Å². The molecule has 0 aliphatic heterocycles. The first kappa shape index (κ1) is 20.7. The summed E-state index contributed by atoms with van der Waals surface area (Å²) in [7, 11) is 0. The maximum atomic E-state index is 6.08. The molecule has 0 amide bonds. The third-order valence-electron chi connectivity index (χ3n) is 7.15. The molecule has 0 saturated heterocycles. The van der Waals surface area contributed by atoms with Gasteiger partial charge in [-0.25, -0.2) is 4.98 Å². The number of benzene rings is 5. The van der Waals surface area contributed by atoms with Crippen LogP contribution in [0.3, 0.4) is 0 Å². The fourth-order valence-corrected chi connectivity index (χ4v) is 5.48. The monoisotopic (exact) mass is 464 g/mol. The summed E-state index contributed by atoms with van der Waals surface area (Å²) < 4.78 is 8.35. The maximum absolute atomic E-state index is 6.08. The summed E-state index contributed by atoms with van der Waals surface area (Å²) in [5, 5.41) is 3.45. The van der Waals surface area contributed by atoms with Gasteiger partial charge in [-0.3, -0.25) is 4.57 Å². The van der Waals surface area contributed by atoms with E-state index in [2.05, 4.69) is 115 Å². The molecule has 0 radical (unpaired) electrons. The third kappa shape index (κ3) is 3.10. The van der Waals surface area contributed by atoms with E-state index in [1.54, 1.807) is 0 Å². The van der Waals surface area contributed by atoms with Crippen molar-refractivity contribution in [1.82, 2.24) is 9.55 Å². The van der Waals surface area contributed by atoms with Gasteiger partial charge in [-0.1, -0.05) is 72.8 Å². The average Bonchev–Trinajstić information content (AvgIpc) is 3.49. The lowest BCUT2D eigenvalue weighted by Crippen LogP contribution is -1.98. The maximum Gasteiger partial charge on any atom is 0.149 e. The minimum atomic E-state index is 0.858. The van der Waals surface area contributed by atoms with E-state index in [0.717, 1.165) is 39.1 Å². The molecule has 7 aromatic rings. The highest BCUT2D eigenvalue weighted by atomic mass is 16.3. The molecular weight excluding hydrogens is 440 g/mol.